The molecule has 1 heterocycles. The number of hydrogen-bond acceptors (Lipinski definition) is 2. The van der Waals surface area contributed by atoms with Gasteiger partial charge in [0.25, 0.3) is 0 Å². The van der Waals surface area contributed by atoms with Crippen molar-refractivity contribution in [3.63, 3.8) is 0 Å². The van der Waals surface area contributed by atoms with Gasteiger partial charge in [-0.15, -0.1) is 0 Å². The molecule has 0 N–H and O–H groups in total. The number of rotatable bonds is 1. The van der Waals surface area contributed by atoms with Crippen LogP contribution in [0.1, 0.15) is 26.7 Å². The van der Waals surface area contributed by atoms with E-state index in [-0.39, 0.29) is 7.12 Å². The highest BCUT2D eigenvalue weighted by molar-refractivity contribution is 6.46. The zero-order chi connectivity index (χ0) is 7.90. The SMILES string of the molecule is CC(C)B1OCC2(CC2)CO1. The van der Waals surface area contributed by atoms with E-state index in [1.165, 1.54) is 12.8 Å². The summed E-state index contributed by atoms with van der Waals surface area (Å²) in [6, 6.07) is 0. The molecule has 1 saturated carbocycles. The molecule has 2 aliphatic rings. The normalized spacial score (nSPS) is 28.1. The molecule has 2 nitrogen and oxygen atoms in total. The van der Waals surface area contributed by atoms with Gasteiger partial charge < -0.3 is 9.31 Å². The Morgan fingerprint density at radius 3 is 2.09 bits per heavy atom. The van der Waals surface area contributed by atoms with Gasteiger partial charge in [-0.3, -0.25) is 0 Å². The molecule has 0 amide bonds. The van der Waals surface area contributed by atoms with Crippen LogP contribution in [-0.4, -0.2) is 20.3 Å². The average molecular weight is 154 g/mol. The quantitative estimate of drug-likeness (QED) is 0.535. The minimum Gasteiger partial charge on any atom is -0.410 e. The molecule has 2 fully saturated rings. The monoisotopic (exact) mass is 154 g/mol. The topological polar surface area (TPSA) is 18.5 Å². The van der Waals surface area contributed by atoms with Crippen molar-refractivity contribution in [3.05, 3.63) is 0 Å². The van der Waals surface area contributed by atoms with E-state index in [0.717, 1.165) is 13.2 Å². The summed E-state index contributed by atoms with van der Waals surface area (Å²) in [6.45, 7) is 6.12. The first-order valence-electron chi connectivity index (χ1n) is 4.45. The highest BCUT2D eigenvalue weighted by Gasteiger charge is 2.48. The maximum atomic E-state index is 5.59. The molecule has 0 unspecified atom stereocenters. The predicted octanol–water partition coefficient (Wildman–Crippen LogP) is 1.71. The molecular weight excluding hydrogens is 139 g/mol. The fourth-order valence-corrected chi connectivity index (χ4v) is 1.46. The second-order valence-corrected chi connectivity index (χ2v) is 4.23. The van der Waals surface area contributed by atoms with Crippen molar-refractivity contribution in [2.45, 2.75) is 32.5 Å². The average Bonchev–Trinajstić information content (AvgIpc) is 2.70. The Kier molecular flexibility index (Phi) is 1.73. The van der Waals surface area contributed by atoms with Crippen molar-refractivity contribution >= 4 is 7.12 Å². The van der Waals surface area contributed by atoms with Crippen molar-refractivity contribution in [1.29, 1.82) is 0 Å². The number of hydrogen-bond donors (Lipinski definition) is 0. The van der Waals surface area contributed by atoms with Gasteiger partial charge in [-0.05, 0) is 18.7 Å². The van der Waals surface area contributed by atoms with Crippen LogP contribution >= 0.6 is 0 Å². The molecule has 0 aromatic rings. The molecule has 1 aliphatic carbocycles. The van der Waals surface area contributed by atoms with Crippen LogP contribution in [0.4, 0.5) is 0 Å². The maximum Gasteiger partial charge on any atom is 0.459 e. The van der Waals surface area contributed by atoms with Gasteiger partial charge in [0, 0.05) is 18.6 Å². The molecule has 3 heteroatoms. The van der Waals surface area contributed by atoms with Crippen LogP contribution in [0.2, 0.25) is 5.82 Å². The van der Waals surface area contributed by atoms with Crippen LogP contribution in [0.15, 0.2) is 0 Å². The first-order valence-corrected chi connectivity index (χ1v) is 4.45. The largest absolute Gasteiger partial charge is 0.459 e. The summed E-state index contributed by atoms with van der Waals surface area (Å²) in [7, 11) is 0.0567. The summed E-state index contributed by atoms with van der Waals surface area (Å²) >= 11 is 0. The second kappa shape index (κ2) is 2.49. The molecule has 1 spiro atoms. The van der Waals surface area contributed by atoms with E-state index in [1.54, 1.807) is 0 Å². The summed E-state index contributed by atoms with van der Waals surface area (Å²) in [6.07, 6.45) is 2.61. The zero-order valence-electron chi connectivity index (χ0n) is 7.30. The molecule has 62 valence electrons. The Morgan fingerprint density at radius 2 is 1.73 bits per heavy atom. The Hall–Kier alpha value is -0.0151. The third-order valence-electron chi connectivity index (χ3n) is 2.61. The lowest BCUT2D eigenvalue weighted by Crippen LogP contribution is -2.38. The molecule has 11 heavy (non-hydrogen) atoms. The summed E-state index contributed by atoms with van der Waals surface area (Å²) in [5.74, 6) is 0.492. The lowest BCUT2D eigenvalue weighted by molar-refractivity contribution is 0.0621. The summed E-state index contributed by atoms with van der Waals surface area (Å²) in [5, 5.41) is 0. The van der Waals surface area contributed by atoms with E-state index in [4.69, 9.17) is 9.31 Å². The van der Waals surface area contributed by atoms with Crippen LogP contribution in [0.25, 0.3) is 0 Å². The fraction of sp³-hybridized carbons (Fsp3) is 1.00. The summed E-state index contributed by atoms with van der Waals surface area (Å²) < 4.78 is 11.2. The van der Waals surface area contributed by atoms with Crippen LogP contribution < -0.4 is 0 Å². The lowest BCUT2D eigenvalue weighted by atomic mass is 9.73. The standard InChI is InChI=1S/C8H15BO2/c1-7(2)9-10-5-8(3-4-8)6-11-9/h7H,3-6H2,1-2H3. The van der Waals surface area contributed by atoms with Crippen molar-refractivity contribution < 1.29 is 9.31 Å². The smallest absolute Gasteiger partial charge is 0.410 e. The molecule has 0 aromatic carbocycles. The zero-order valence-corrected chi connectivity index (χ0v) is 7.30. The van der Waals surface area contributed by atoms with E-state index in [0.29, 0.717) is 11.2 Å². The molecule has 0 radical (unpaired) electrons. The molecule has 0 aromatic heterocycles. The van der Waals surface area contributed by atoms with Gasteiger partial charge in [-0.2, -0.15) is 0 Å². The van der Waals surface area contributed by atoms with Crippen molar-refractivity contribution in [2.24, 2.45) is 5.41 Å². The Labute approximate surface area is 68.4 Å². The molecule has 0 atom stereocenters. The summed E-state index contributed by atoms with van der Waals surface area (Å²) in [4.78, 5) is 0. The Bertz CT molecular complexity index is 144. The Balaban J connectivity index is 1.84. The minimum atomic E-state index is 0.0567. The molecule has 1 saturated heterocycles. The molecule has 1 aliphatic heterocycles. The first kappa shape index (κ1) is 7.62. The minimum absolute atomic E-state index is 0.0567. The van der Waals surface area contributed by atoms with Crippen LogP contribution in [0, 0.1) is 5.41 Å². The van der Waals surface area contributed by atoms with Gasteiger partial charge in [0.15, 0.2) is 0 Å². The predicted molar refractivity (Wildman–Crippen MR) is 44.4 cm³/mol. The van der Waals surface area contributed by atoms with E-state index >= 15 is 0 Å². The van der Waals surface area contributed by atoms with E-state index in [9.17, 15) is 0 Å². The van der Waals surface area contributed by atoms with E-state index in [1.807, 2.05) is 0 Å². The van der Waals surface area contributed by atoms with Gasteiger partial charge >= 0.3 is 7.12 Å². The Morgan fingerprint density at radius 1 is 1.18 bits per heavy atom. The van der Waals surface area contributed by atoms with Crippen molar-refractivity contribution in [1.82, 2.24) is 0 Å². The van der Waals surface area contributed by atoms with Crippen molar-refractivity contribution in [2.75, 3.05) is 13.2 Å². The van der Waals surface area contributed by atoms with Gasteiger partial charge in [-0.1, -0.05) is 13.8 Å². The first-order chi connectivity index (χ1) is 5.22. The molecule has 0 bridgehead atoms. The third kappa shape index (κ3) is 1.45. The molecular formula is C8H15BO2. The van der Waals surface area contributed by atoms with Gasteiger partial charge in [0.2, 0.25) is 0 Å². The highest BCUT2D eigenvalue weighted by atomic mass is 16.6. The van der Waals surface area contributed by atoms with Crippen LogP contribution in [0.3, 0.4) is 0 Å². The van der Waals surface area contributed by atoms with Gasteiger partial charge in [0.05, 0.1) is 0 Å². The van der Waals surface area contributed by atoms with E-state index < -0.39 is 0 Å². The second-order valence-electron chi connectivity index (χ2n) is 4.23. The molecule has 2 rings (SSSR count). The third-order valence-corrected chi connectivity index (χ3v) is 2.61. The van der Waals surface area contributed by atoms with Crippen molar-refractivity contribution in [3.8, 4) is 0 Å². The fourth-order valence-electron chi connectivity index (χ4n) is 1.46. The van der Waals surface area contributed by atoms with E-state index in [2.05, 4.69) is 13.8 Å². The lowest BCUT2D eigenvalue weighted by Gasteiger charge is -2.28. The summed E-state index contributed by atoms with van der Waals surface area (Å²) in [5.41, 5.74) is 0.450. The van der Waals surface area contributed by atoms with Gasteiger partial charge in [0.1, 0.15) is 0 Å². The highest BCUT2D eigenvalue weighted by Crippen LogP contribution is 2.48. The maximum absolute atomic E-state index is 5.59. The van der Waals surface area contributed by atoms with Crippen LogP contribution in [-0.2, 0) is 9.31 Å². The van der Waals surface area contributed by atoms with Crippen LogP contribution in [0.5, 0.6) is 0 Å². The van der Waals surface area contributed by atoms with Gasteiger partial charge in [-0.25, -0.2) is 0 Å².